The fraction of sp³-hybridized carbons (Fsp3) is 0.294. The number of thiazole rings is 1. The van der Waals surface area contributed by atoms with E-state index in [4.69, 9.17) is 4.42 Å². The molecule has 3 aromatic rings. The highest BCUT2D eigenvalue weighted by atomic mass is 32.1. The molecule has 3 aromatic heterocycles. The van der Waals surface area contributed by atoms with Gasteiger partial charge in [0.25, 0.3) is 5.91 Å². The second-order valence-electron chi connectivity index (χ2n) is 5.58. The van der Waals surface area contributed by atoms with Gasteiger partial charge < -0.3 is 9.73 Å². The lowest BCUT2D eigenvalue weighted by Gasteiger charge is -2.11. The predicted molar refractivity (Wildman–Crippen MR) is 90.2 cm³/mol. The van der Waals surface area contributed by atoms with Gasteiger partial charge in [0.2, 0.25) is 0 Å². The standard InChI is InChI=1S/C17H19N3O2S/c1-10-9-14(13(4)20(10)17-18-7-8-23-17)16(21)19-12(3)15-6-5-11(2)22-15/h5-9,12H,1-4H3,(H,19,21). The number of hydrogen-bond donors (Lipinski definition) is 1. The smallest absolute Gasteiger partial charge is 0.253 e. The molecule has 0 fully saturated rings. The van der Waals surface area contributed by atoms with Crippen molar-refractivity contribution in [3.8, 4) is 5.13 Å². The molecule has 0 aliphatic heterocycles. The molecule has 3 rings (SSSR count). The summed E-state index contributed by atoms with van der Waals surface area (Å²) in [4.78, 5) is 16.9. The first-order chi connectivity index (χ1) is 11.0. The van der Waals surface area contributed by atoms with Crippen LogP contribution in [0.25, 0.3) is 5.13 Å². The van der Waals surface area contributed by atoms with Crippen LogP contribution in [0.15, 0.2) is 34.2 Å². The van der Waals surface area contributed by atoms with E-state index in [0.717, 1.165) is 28.0 Å². The highest BCUT2D eigenvalue weighted by Gasteiger charge is 2.20. The Morgan fingerprint density at radius 2 is 2.13 bits per heavy atom. The number of carbonyl (C=O) groups excluding carboxylic acids is 1. The largest absolute Gasteiger partial charge is 0.464 e. The Bertz CT molecular complexity index is 830. The van der Waals surface area contributed by atoms with Gasteiger partial charge in [0.1, 0.15) is 11.5 Å². The Labute approximate surface area is 139 Å². The summed E-state index contributed by atoms with van der Waals surface area (Å²) in [6, 6.07) is 5.50. The van der Waals surface area contributed by atoms with Crippen LogP contribution in [0.4, 0.5) is 0 Å². The monoisotopic (exact) mass is 329 g/mol. The minimum atomic E-state index is -0.181. The first-order valence-corrected chi connectivity index (χ1v) is 8.31. The van der Waals surface area contributed by atoms with Gasteiger partial charge in [0.15, 0.2) is 5.13 Å². The summed E-state index contributed by atoms with van der Waals surface area (Å²) in [6.45, 7) is 7.71. The molecule has 0 spiro atoms. The molecule has 0 saturated heterocycles. The van der Waals surface area contributed by atoms with E-state index in [2.05, 4.69) is 10.3 Å². The van der Waals surface area contributed by atoms with Gasteiger partial charge >= 0.3 is 0 Å². The van der Waals surface area contributed by atoms with Crippen LogP contribution in [0.5, 0.6) is 0 Å². The van der Waals surface area contributed by atoms with Crippen molar-refractivity contribution in [3.63, 3.8) is 0 Å². The van der Waals surface area contributed by atoms with E-state index < -0.39 is 0 Å². The van der Waals surface area contributed by atoms with Gasteiger partial charge in [-0.3, -0.25) is 9.36 Å². The third-order valence-electron chi connectivity index (χ3n) is 3.82. The SMILES string of the molecule is Cc1ccc(C(C)NC(=O)c2cc(C)n(-c3nccs3)c2C)o1. The Kier molecular flexibility index (Phi) is 4.09. The van der Waals surface area contributed by atoms with Gasteiger partial charge in [0, 0.05) is 23.0 Å². The number of rotatable bonds is 4. The molecule has 23 heavy (non-hydrogen) atoms. The summed E-state index contributed by atoms with van der Waals surface area (Å²) >= 11 is 1.55. The van der Waals surface area contributed by atoms with Crippen LogP contribution in [0.2, 0.25) is 0 Å². The quantitative estimate of drug-likeness (QED) is 0.788. The van der Waals surface area contributed by atoms with Crippen LogP contribution in [0.3, 0.4) is 0 Å². The van der Waals surface area contributed by atoms with E-state index in [9.17, 15) is 4.79 Å². The van der Waals surface area contributed by atoms with E-state index in [0.29, 0.717) is 5.56 Å². The molecule has 0 bridgehead atoms. The summed E-state index contributed by atoms with van der Waals surface area (Å²) in [5.74, 6) is 1.48. The molecule has 120 valence electrons. The highest BCUT2D eigenvalue weighted by molar-refractivity contribution is 7.12. The first-order valence-electron chi connectivity index (χ1n) is 7.43. The Morgan fingerprint density at radius 1 is 1.35 bits per heavy atom. The van der Waals surface area contributed by atoms with E-state index in [1.165, 1.54) is 0 Å². The van der Waals surface area contributed by atoms with E-state index in [-0.39, 0.29) is 11.9 Å². The minimum absolute atomic E-state index is 0.109. The molecule has 1 unspecified atom stereocenters. The van der Waals surface area contributed by atoms with Gasteiger partial charge in [0.05, 0.1) is 11.6 Å². The molecule has 0 aliphatic carbocycles. The van der Waals surface area contributed by atoms with Gasteiger partial charge in [-0.2, -0.15) is 0 Å². The third kappa shape index (κ3) is 2.94. The summed E-state index contributed by atoms with van der Waals surface area (Å²) in [6.07, 6.45) is 1.76. The van der Waals surface area contributed by atoms with Crippen LogP contribution in [0, 0.1) is 20.8 Å². The zero-order valence-electron chi connectivity index (χ0n) is 13.6. The molecular weight excluding hydrogens is 310 g/mol. The van der Waals surface area contributed by atoms with Crippen LogP contribution in [-0.2, 0) is 0 Å². The van der Waals surface area contributed by atoms with Gasteiger partial charge in [-0.05, 0) is 45.9 Å². The number of aromatic nitrogens is 2. The fourth-order valence-corrected chi connectivity index (χ4v) is 3.40. The van der Waals surface area contributed by atoms with Crippen LogP contribution in [-0.4, -0.2) is 15.5 Å². The maximum absolute atomic E-state index is 12.6. The molecule has 1 amide bonds. The molecule has 5 nitrogen and oxygen atoms in total. The number of furan rings is 1. The number of nitrogens with zero attached hydrogens (tertiary/aromatic N) is 2. The molecular formula is C17H19N3O2S. The van der Waals surface area contributed by atoms with Crippen molar-refractivity contribution >= 4 is 17.2 Å². The summed E-state index contributed by atoms with van der Waals surface area (Å²) in [7, 11) is 0. The second-order valence-corrected chi connectivity index (χ2v) is 6.45. The Hall–Kier alpha value is -2.34. The molecule has 0 aromatic carbocycles. The van der Waals surface area contributed by atoms with Gasteiger partial charge in [-0.25, -0.2) is 4.98 Å². The van der Waals surface area contributed by atoms with E-state index >= 15 is 0 Å². The Morgan fingerprint density at radius 3 is 2.74 bits per heavy atom. The molecule has 1 N–H and O–H groups in total. The number of hydrogen-bond acceptors (Lipinski definition) is 4. The zero-order valence-corrected chi connectivity index (χ0v) is 14.4. The number of aryl methyl sites for hydroxylation is 2. The van der Waals surface area contributed by atoms with Crippen LogP contribution >= 0.6 is 11.3 Å². The molecule has 0 radical (unpaired) electrons. The van der Waals surface area contributed by atoms with Crippen molar-refractivity contribution in [3.05, 3.63) is 58.2 Å². The van der Waals surface area contributed by atoms with Crippen molar-refractivity contribution in [2.24, 2.45) is 0 Å². The molecule has 3 heterocycles. The van der Waals surface area contributed by atoms with Crippen molar-refractivity contribution in [2.75, 3.05) is 0 Å². The summed E-state index contributed by atoms with van der Waals surface area (Å²) in [5.41, 5.74) is 2.54. The molecule has 1 atom stereocenters. The van der Waals surface area contributed by atoms with Crippen molar-refractivity contribution in [1.82, 2.24) is 14.9 Å². The molecule has 0 aliphatic rings. The van der Waals surface area contributed by atoms with E-state index in [1.54, 1.807) is 17.5 Å². The van der Waals surface area contributed by atoms with Crippen molar-refractivity contribution in [2.45, 2.75) is 33.7 Å². The lowest BCUT2D eigenvalue weighted by molar-refractivity contribution is 0.0934. The lowest BCUT2D eigenvalue weighted by Crippen LogP contribution is -2.26. The van der Waals surface area contributed by atoms with Crippen molar-refractivity contribution in [1.29, 1.82) is 0 Å². The average molecular weight is 329 g/mol. The van der Waals surface area contributed by atoms with Gasteiger partial charge in [-0.1, -0.05) is 0 Å². The topological polar surface area (TPSA) is 60.1 Å². The predicted octanol–water partition coefficient (Wildman–Crippen LogP) is 3.94. The maximum Gasteiger partial charge on any atom is 0.253 e. The second kappa shape index (κ2) is 6.04. The number of amides is 1. The van der Waals surface area contributed by atoms with Crippen LogP contribution in [0.1, 0.15) is 46.2 Å². The number of carbonyl (C=O) groups is 1. The molecule has 6 heteroatoms. The fourth-order valence-electron chi connectivity index (χ4n) is 2.65. The minimum Gasteiger partial charge on any atom is -0.464 e. The summed E-state index contributed by atoms with van der Waals surface area (Å²) in [5, 5.41) is 5.78. The number of nitrogens with one attached hydrogen (secondary N) is 1. The first kappa shape index (κ1) is 15.6. The average Bonchev–Trinajstić information content (AvgIpc) is 3.20. The Balaban J connectivity index is 1.84. The van der Waals surface area contributed by atoms with E-state index in [1.807, 2.05) is 55.8 Å². The zero-order chi connectivity index (χ0) is 16.6. The lowest BCUT2D eigenvalue weighted by atomic mass is 10.2. The van der Waals surface area contributed by atoms with Crippen LogP contribution < -0.4 is 5.32 Å². The maximum atomic E-state index is 12.6. The molecule has 0 saturated carbocycles. The summed E-state index contributed by atoms with van der Waals surface area (Å²) < 4.78 is 7.57. The highest BCUT2D eigenvalue weighted by Crippen LogP contribution is 2.23. The third-order valence-corrected chi connectivity index (χ3v) is 4.58. The normalized spacial score (nSPS) is 12.3. The van der Waals surface area contributed by atoms with Gasteiger partial charge in [-0.15, -0.1) is 11.3 Å². The van der Waals surface area contributed by atoms with Crippen molar-refractivity contribution < 1.29 is 9.21 Å².